The van der Waals surface area contributed by atoms with Crippen LogP contribution in [0, 0.1) is 17.8 Å². The molecule has 0 unspecified atom stereocenters. The van der Waals surface area contributed by atoms with Crippen LogP contribution in [0.3, 0.4) is 0 Å². The van der Waals surface area contributed by atoms with E-state index in [-0.39, 0.29) is 0 Å². The van der Waals surface area contributed by atoms with E-state index in [9.17, 15) is 3.44 Å². The molecule has 0 radical (unpaired) electrons. The molecule has 0 amide bonds. The standard InChI is InChI=1S/C14H27IO/c1-11-3-5-12(6-4-11)13-7-9-14(10-8-13)15(2)16/h11-14,16H,3-10H2,1-2H3. The van der Waals surface area contributed by atoms with Crippen LogP contribution in [-0.4, -0.2) is 12.3 Å². The van der Waals surface area contributed by atoms with Gasteiger partial charge in [0.05, 0.1) is 0 Å². The molecule has 2 heteroatoms. The van der Waals surface area contributed by atoms with E-state index >= 15 is 0 Å². The molecule has 1 nitrogen and oxygen atoms in total. The first-order valence-corrected chi connectivity index (χ1v) is 11.3. The number of rotatable bonds is 2. The van der Waals surface area contributed by atoms with E-state index in [1.165, 1.54) is 51.4 Å². The zero-order chi connectivity index (χ0) is 11.5. The van der Waals surface area contributed by atoms with Crippen molar-refractivity contribution in [1.29, 1.82) is 0 Å². The molecule has 0 aromatic carbocycles. The molecule has 2 saturated carbocycles. The molecule has 2 aliphatic carbocycles. The van der Waals surface area contributed by atoms with Crippen molar-refractivity contribution in [3.63, 3.8) is 0 Å². The first-order valence-electron chi connectivity index (χ1n) is 6.94. The van der Waals surface area contributed by atoms with E-state index in [0.29, 0.717) is 0 Å². The summed E-state index contributed by atoms with van der Waals surface area (Å²) < 4.78 is 10.5. The summed E-state index contributed by atoms with van der Waals surface area (Å²) in [7, 11) is 0. The maximum atomic E-state index is 9.77. The zero-order valence-electron chi connectivity index (χ0n) is 10.8. The van der Waals surface area contributed by atoms with Gasteiger partial charge >= 0.3 is 109 Å². The second-order valence-electron chi connectivity index (χ2n) is 6.02. The summed E-state index contributed by atoms with van der Waals surface area (Å²) in [5.74, 6) is 3.04. The third kappa shape index (κ3) is 3.34. The van der Waals surface area contributed by atoms with Gasteiger partial charge in [-0.2, -0.15) is 0 Å². The van der Waals surface area contributed by atoms with Crippen molar-refractivity contribution in [2.45, 2.75) is 62.2 Å². The van der Waals surface area contributed by atoms with Crippen molar-refractivity contribution < 1.29 is 3.44 Å². The van der Waals surface area contributed by atoms with E-state index in [0.717, 1.165) is 21.7 Å². The van der Waals surface area contributed by atoms with Crippen LogP contribution in [0.1, 0.15) is 58.3 Å². The van der Waals surface area contributed by atoms with Gasteiger partial charge in [-0.15, -0.1) is 0 Å². The van der Waals surface area contributed by atoms with Crippen molar-refractivity contribution >= 4 is 20.2 Å². The summed E-state index contributed by atoms with van der Waals surface area (Å²) in [5, 5.41) is 0. The fraction of sp³-hybridized carbons (Fsp3) is 1.00. The molecule has 0 heterocycles. The van der Waals surface area contributed by atoms with Crippen LogP contribution in [0.5, 0.6) is 0 Å². The fourth-order valence-corrected chi connectivity index (χ4v) is 6.14. The number of hydrogen-bond acceptors (Lipinski definition) is 1. The van der Waals surface area contributed by atoms with Gasteiger partial charge in [-0.25, -0.2) is 0 Å². The van der Waals surface area contributed by atoms with Crippen LogP contribution in [0.15, 0.2) is 0 Å². The van der Waals surface area contributed by atoms with Crippen molar-refractivity contribution in [2.75, 3.05) is 4.93 Å². The SMILES string of the molecule is CC1CCC(C2CCC(I(C)O)CC2)CC1. The Hall–Kier alpha value is 0.690. The average Bonchev–Trinajstić information content (AvgIpc) is 2.30. The van der Waals surface area contributed by atoms with Gasteiger partial charge in [-0.1, -0.05) is 0 Å². The van der Waals surface area contributed by atoms with Gasteiger partial charge in [-0.3, -0.25) is 0 Å². The summed E-state index contributed by atoms with van der Waals surface area (Å²) in [6, 6.07) is 0. The Bertz CT molecular complexity index is 201. The number of halogens is 1. The first kappa shape index (κ1) is 13.1. The predicted octanol–water partition coefficient (Wildman–Crippen LogP) is 4.42. The average molecular weight is 338 g/mol. The summed E-state index contributed by atoms with van der Waals surface area (Å²) in [6.07, 6.45) is 11.4. The zero-order valence-corrected chi connectivity index (χ0v) is 12.9. The van der Waals surface area contributed by atoms with Gasteiger partial charge in [0, 0.05) is 0 Å². The Labute approximate surface area is 108 Å². The van der Waals surface area contributed by atoms with E-state index in [1.54, 1.807) is 0 Å². The summed E-state index contributed by atoms with van der Waals surface area (Å²) >= 11 is -1.49. The molecule has 2 rings (SSSR count). The molecule has 0 aromatic rings. The Kier molecular flexibility index (Phi) is 4.95. The number of alkyl halides is 2. The Morgan fingerprint density at radius 2 is 1.25 bits per heavy atom. The molecule has 0 spiro atoms. The molecular weight excluding hydrogens is 311 g/mol. The Morgan fingerprint density at radius 1 is 0.812 bits per heavy atom. The molecule has 0 saturated heterocycles. The van der Waals surface area contributed by atoms with Crippen LogP contribution < -0.4 is 0 Å². The third-order valence-corrected chi connectivity index (χ3v) is 8.67. The molecule has 2 fully saturated rings. The maximum absolute atomic E-state index is 9.77. The van der Waals surface area contributed by atoms with Crippen molar-refractivity contribution in [1.82, 2.24) is 0 Å². The summed E-state index contributed by atoms with van der Waals surface area (Å²) in [4.78, 5) is 2.12. The van der Waals surface area contributed by atoms with Crippen LogP contribution >= 0.6 is 20.2 Å². The monoisotopic (exact) mass is 338 g/mol. The molecule has 1 N–H and O–H groups in total. The minimum absolute atomic E-state index is 0.753. The van der Waals surface area contributed by atoms with Crippen molar-refractivity contribution in [3.05, 3.63) is 0 Å². The van der Waals surface area contributed by atoms with E-state index in [2.05, 4.69) is 11.9 Å². The van der Waals surface area contributed by atoms with E-state index < -0.39 is 20.2 Å². The van der Waals surface area contributed by atoms with Crippen molar-refractivity contribution in [3.8, 4) is 0 Å². The van der Waals surface area contributed by atoms with Crippen LogP contribution in [0.4, 0.5) is 0 Å². The topological polar surface area (TPSA) is 20.2 Å². The molecule has 2 aliphatic rings. The van der Waals surface area contributed by atoms with Crippen LogP contribution in [-0.2, 0) is 0 Å². The Balaban J connectivity index is 1.76. The quantitative estimate of drug-likeness (QED) is 0.584. The van der Waals surface area contributed by atoms with E-state index in [1.807, 2.05) is 0 Å². The molecule has 0 aliphatic heterocycles. The molecule has 96 valence electrons. The first-order chi connectivity index (χ1) is 7.66. The van der Waals surface area contributed by atoms with Gasteiger partial charge in [-0.05, 0) is 0 Å². The van der Waals surface area contributed by atoms with Gasteiger partial charge < -0.3 is 0 Å². The van der Waals surface area contributed by atoms with E-state index in [4.69, 9.17) is 0 Å². The summed E-state index contributed by atoms with van der Waals surface area (Å²) in [6.45, 7) is 2.41. The molecule has 0 aromatic heterocycles. The van der Waals surface area contributed by atoms with Crippen molar-refractivity contribution in [2.24, 2.45) is 17.8 Å². The van der Waals surface area contributed by atoms with Crippen LogP contribution in [0.2, 0.25) is 0 Å². The van der Waals surface area contributed by atoms with Gasteiger partial charge in [0.15, 0.2) is 0 Å². The molecule has 0 atom stereocenters. The second kappa shape index (κ2) is 6.03. The van der Waals surface area contributed by atoms with Gasteiger partial charge in [0.1, 0.15) is 0 Å². The molecule has 16 heavy (non-hydrogen) atoms. The predicted molar refractivity (Wildman–Crippen MR) is 79.0 cm³/mol. The van der Waals surface area contributed by atoms with Crippen LogP contribution in [0.25, 0.3) is 0 Å². The normalized spacial score (nSPS) is 41.8. The summed E-state index contributed by atoms with van der Waals surface area (Å²) in [5.41, 5.74) is 0. The van der Waals surface area contributed by atoms with Gasteiger partial charge in [0.2, 0.25) is 0 Å². The third-order valence-electron chi connectivity index (χ3n) is 4.88. The van der Waals surface area contributed by atoms with Gasteiger partial charge in [0.25, 0.3) is 0 Å². The second-order valence-corrected chi connectivity index (χ2v) is 10.5. The minimum atomic E-state index is -1.49. The number of hydrogen-bond donors (Lipinski definition) is 1. The fourth-order valence-electron chi connectivity index (χ4n) is 3.62. The molecular formula is C14H27IO. The Morgan fingerprint density at radius 3 is 1.69 bits per heavy atom. The molecule has 0 bridgehead atoms.